The molecule has 21 heavy (non-hydrogen) atoms. The molecule has 3 rings (SSSR count). The van der Waals surface area contributed by atoms with Crippen LogP contribution in [-0.2, 0) is 6.42 Å². The molecule has 1 atom stereocenters. The highest BCUT2D eigenvalue weighted by Crippen LogP contribution is 2.30. The Kier molecular flexibility index (Phi) is 4.07. The third-order valence-electron chi connectivity index (χ3n) is 3.95. The summed E-state index contributed by atoms with van der Waals surface area (Å²) in [6, 6.07) is 17.2. The van der Waals surface area contributed by atoms with Gasteiger partial charge in [0.05, 0.1) is 12.3 Å². The van der Waals surface area contributed by atoms with Crippen LogP contribution >= 0.6 is 0 Å². The van der Waals surface area contributed by atoms with Crippen LogP contribution in [0.1, 0.15) is 36.6 Å². The molecule has 0 aliphatic rings. The minimum absolute atomic E-state index is 0.171. The molecule has 0 aliphatic carbocycles. The van der Waals surface area contributed by atoms with E-state index in [0.717, 1.165) is 18.5 Å². The highest BCUT2D eigenvalue weighted by Gasteiger charge is 2.17. The monoisotopic (exact) mass is 279 g/mol. The summed E-state index contributed by atoms with van der Waals surface area (Å²) in [6.07, 6.45) is 2.95. The normalized spacial score (nSPS) is 12.7. The van der Waals surface area contributed by atoms with Gasteiger partial charge in [-0.05, 0) is 30.2 Å². The Labute approximate surface area is 125 Å². The number of hydrogen-bond donors (Lipinski definition) is 1. The Morgan fingerprint density at radius 3 is 2.48 bits per heavy atom. The number of rotatable bonds is 5. The van der Waals surface area contributed by atoms with Gasteiger partial charge in [0.1, 0.15) is 5.58 Å². The van der Waals surface area contributed by atoms with Gasteiger partial charge in [0, 0.05) is 10.9 Å². The van der Waals surface area contributed by atoms with Gasteiger partial charge in [-0.2, -0.15) is 0 Å². The molecule has 2 heteroatoms. The summed E-state index contributed by atoms with van der Waals surface area (Å²) < 4.78 is 5.70. The van der Waals surface area contributed by atoms with Crippen LogP contribution in [0.25, 0.3) is 11.0 Å². The van der Waals surface area contributed by atoms with Gasteiger partial charge < -0.3 is 9.73 Å². The third kappa shape index (κ3) is 2.72. The summed E-state index contributed by atoms with van der Waals surface area (Å²) in [7, 11) is 0. The molecule has 0 saturated carbocycles. The molecule has 0 saturated heterocycles. The van der Waals surface area contributed by atoms with E-state index >= 15 is 0 Å². The molecule has 0 radical (unpaired) electrons. The lowest BCUT2D eigenvalue weighted by atomic mass is 9.97. The predicted molar refractivity (Wildman–Crippen MR) is 87.6 cm³/mol. The van der Waals surface area contributed by atoms with Crippen LogP contribution in [0.15, 0.2) is 59.2 Å². The molecule has 0 bridgehead atoms. The fraction of sp³-hybridized carbons (Fsp3) is 0.263. The number of furan rings is 1. The van der Waals surface area contributed by atoms with Crippen molar-refractivity contribution in [1.29, 1.82) is 0 Å². The molecule has 108 valence electrons. The van der Waals surface area contributed by atoms with Gasteiger partial charge in [0.2, 0.25) is 0 Å². The van der Waals surface area contributed by atoms with Crippen LogP contribution in [0.5, 0.6) is 0 Å². The number of nitrogens with one attached hydrogen (secondary N) is 1. The van der Waals surface area contributed by atoms with E-state index in [1.807, 2.05) is 18.4 Å². The second kappa shape index (κ2) is 6.15. The van der Waals surface area contributed by atoms with Crippen molar-refractivity contribution in [3.63, 3.8) is 0 Å². The van der Waals surface area contributed by atoms with Crippen molar-refractivity contribution in [1.82, 2.24) is 5.32 Å². The lowest BCUT2D eigenvalue weighted by Gasteiger charge is -2.18. The number of fused-ring (bicyclic) bond motifs is 1. The van der Waals surface area contributed by atoms with Crippen LogP contribution in [0, 0.1) is 0 Å². The maximum atomic E-state index is 5.70. The molecule has 2 nitrogen and oxygen atoms in total. The molecule has 0 fully saturated rings. The van der Waals surface area contributed by atoms with Crippen LogP contribution < -0.4 is 5.32 Å². The second-order valence-electron chi connectivity index (χ2n) is 5.27. The van der Waals surface area contributed by atoms with Crippen molar-refractivity contribution in [2.75, 3.05) is 6.54 Å². The Bertz CT molecular complexity index is 712. The summed E-state index contributed by atoms with van der Waals surface area (Å²) in [4.78, 5) is 0. The lowest BCUT2D eigenvalue weighted by molar-refractivity contribution is 0.584. The van der Waals surface area contributed by atoms with Crippen molar-refractivity contribution in [2.45, 2.75) is 26.3 Å². The first-order valence-electron chi connectivity index (χ1n) is 7.61. The third-order valence-corrected chi connectivity index (χ3v) is 3.95. The predicted octanol–water partition coefficient (Wildman–Crippen LogP) is 4.69. The number of para-hydroxylation sites is 1. The molecule has 0 spiro atoms. The fourth-order valence-corrected chi connectivity index (χ4v) is 2.78. The molecular weight excluding hydrogens is 258 g/mol. The Morgan fingerprint density at radius 1 is 1.00 bits per heavy atom. The quantitative estimate of drug-likeness (QED) is 0.732. The zero-order valence-electron chi connectivity index (χ0n) is 12.6. The van der Waals surface area contributed by atoms with Crippen molar-refractivity contribution < 1.29 is 4.42 Å². The highest BCUT2D eigenvalue weighted by molar-refractivity contribution is 5.81. The van der Waals surface area contributed by atoms with E-state index in [9.17, 15) is 0 Å². The molecule has 3 aromatic rings. The van der Waals surface area contributed by atoms with Gasteiger partial charge >= 0.3 is 0 Å². The van der Waals surface area contributed by atoms with E-state index in [1.54, 1.807) is 0 Å². The van der Waals surface area contributed by atoms with Gasteiger partial charge in [-0.25, -0.2) is 0 Å². The maximum Gasteiger partial charge on any atom is 0.134 e. The zero-order valence-corrected chi connectivity index (χ0v) is 12.6. The van der Waals surface area contributed by atoms with Gasteiger partial charge in [-0.15, -0.1) is 0 Å². The van der Waals surface area contributed by atoms with Gasteiger partial charge in [-0.3, -0.25) is 0 Å². The van der Waals surface area contributed by atoms with Gasteiger partial charge in [-0.1, -0.05) is 56.3 Å². The maximum absolute atomic E-state index is 5.70. The average Bonchev–Trinajstić information content (AvgIpc) is 2.97. The standard InChI is InChI=1S/C19H21NO/c1-3-14-9-11-15(12-10-14)19(20-4-2)17-13-21-18-8-6-5-7-16(17)18/h5-13,19-20H,3-4H2,1-2H3. The summed E-state index contributed by atoms with van der Waals surface area (Å²) >= 11 is 0. The first kappa shape index (κ1) is 13.9. The number of benzene rings is 2. The summed E-state index contributed by atoms with van der Waals surface area (Å²) in [5, 5.41) is 4.75. The SMILES string of the molecule is CCNC(c1ccc(CC)cc1)c1coc2ccccc12. The molecule has 0 amide bonds. The number of aryl methyl sites for hydroxylation is 1. The van der Waals surface area contributed by atoms with Gasteiger partial charge in [0.25, 0.3) is 0 Å². The first-order valence-corrected chi connectivity index (χ1v) is 7.61. The van der Waals surface area contributed by atoms with E-state index in [0.29, 0.717) is 0 Å². The minimum atomic E-state index is 0.171. The smallest absolute Gasteiger partial charge is 0.134 e. The van der Waals surface area contributed by atoms with Crippen molar-refractivity contribution in [3.8, 4) is 0 Å². The molecule has 1 unspecified atom stereocenters. The van der Waals surface area contributed by atoms with E-state index in [2.05, 4.69) is 55.6 Å². The summed E-state index contributed by atoms with van der Waals surface area (Å²) in [6.45, 7) is 5.23. The van der Waals surface area contributed by atoms with E-state index in [1.165, 1.54) is 22.1 Å². The Hall–Kier alpha value is -2.06. The Balaban J connectivity index is 2.04. The zero-order chi connectivity index (χ0) is 14.7. The van der Waals surface area contributed by atoms with Crippen LogP contribution in [0.3, 0.4) is 0 Å². The fourth-order valence-electron chi connectivity index (χ4n) is 2.78. The average molecular weight is 279 g/mol. The lowest BCUT2D eigenvalue weighted by Crippen LogP contribution is -2.21. The second-order valence-corrected chi connectivity index (χ2v) is 5.27. The summed E-state index contributed by atoms with van der Waals surface area (Å²) in [5.74, 6) is 0. The molecule has 1 aromatic heterocycles. The molecule has 1 heterocycles. The number of hydrogen-bond acceptors (Lipinski definition) is 2. The molecule has 2 aromatic carbocycles. The van der Waals surface area contributed by atoms with Crippen LogP contribution in [0.4, 0.5) is 0 Å². The minimum Gasteiger partial charge on any atom is -0.464 e. The largest absolute Gasteiger partial charge is 0.464 e. The van der Waals surface area contributed by atoms with E-state index in [4.69, 9.17) is 4.42 Å². The Morgan fingerprint density at radius 2 is 1.76 bits per heavy atom. The van der Waals surface area contributed by atoms with Crippen molar-refractivity contribution in [3.05, 3.63) is 71.5 Å². The van der Waals surface area contributed by atoms with Gasteiger partial charge in [0.15, 0.2) is 0 Å². The highest BCUT2D eigenvalue weighted by atomic mass is 16.3. The molecule has 1 N–H and O–H groups in total. The van der Waals surface area contributed by atoms with E-state index < -0.39 is 0 Å². The van der Waals surface area contributed by atoms with Crippen LogP contribution in [-0.4, -0.2) is 6.54 Å². The summed E-state index contributed by atoms with van der Waals surface area (Å²) in [5.41, 5.74) is 4.80. The first-order chi connectivity index (χ1) is 10.3. The molecular formula is C19H21NO. The molecule has 0 aliphatic heterocycles. The van der Waals surface area contributed by atoms with Crippen molar-refractivity contribution >= 4 is 11.0 Å². The van der Waals surface area contributed by atoms with Crippen LogP contribution in [0.2, 0.25) is 0 Å². The topological polar surface area (TPSA) is 25.2 Å². The van der Waals surface area contributed by atoms with Crippen molar-refractivity contribution in [2.24, 2.45) is 0 Å². The van der Waals surface area contributed by atoms with E-state index in [-0.39, 0.29) is 6.04 Å².